The van der Waals surface area contributed by atoms with E-state index in [1.165, 1.54) is 74.5 Å². The molecule has 1 aliphatic heterocycles. The average Bonchev–Trinajstić information content (AvgIpc) is 3.18. The highest BCUT2D eigenvalue weighted by Gasteiger charge is 2.71. The molecule has 1 aliphatic rings. The zero-order valence-corrected chi connectivity index (χ0v) is 39.8. The minimum atomic E-state index is -3.41. The fourth-order valence-electron chi connectivity index (χ4n) is 7.24. The Bertz CT molecular complexity index is 1720. The first-order valence-electron chi connectivity index (χ1n) is 21.1. The highest BCUT2D eigenvalue weighted by Crippen LogP contribution is 2.80. The van der Waals surface area contributed by atoms with Crippen molar-refractivity contribution in [1.82, 2.24) is 9.72 Å². The smallest absolute Gasteiger partial charge is 0.423 e. The van der Waals surface area contributed by atoms with Crippen LogP contribution in [0.3, 0.4) is 0 Å². The maximum atomic E-state index is 6.81. The predicted octanol–water partition coefficient (Wildman–Crippen LogP) is 15.2. The summed E-state index contributed by atoms with van der Waals surface area (Å²) in [6.07, 6.45) is 14.2. The van der Waals surface area contributed by atoms with Crippen molar-refractivity contribution in [1.29, 1.82) is 0 Å². The van der Waals surface area contributed by atoms with Crippen molar-refractivity contribution in [2.24, 2.45) is 4.52 Å². The molecule has 4 rings (SSSR count). The largest absolute Gasteiger partial charge is 0.570 e. The third kappa shape index (κ3) is 13.0. The van der Waals surface area contributed by atoms with Crippen molar-refractivity contribution < 1.29 is 27.1 Å². The van der Waals surface area contributed by atoms with Gasteiger partial charge >= 0.3 is 23.7 Å². The normalized spacial score (nSPS) is 21.5. The molecule has 0 aromatic heterocycles. The summed E-state index contributed by atoms with van der Waals surface area (Å²) in [5, 5.41) is 0. The molecule has 1 heterocycles. The lowest BCUT2D eigenvalue weighted by molar-refractivity contribution is 0.321. The molecule has 318 valence electrons. The van der Waals surface area contributed by atoms with E-state index in [4.69, 9.17) is 31.7 Å². The van der Waals surface area contributed by atoms with E-state index >= 15 is 0 Å². The van der Waals surface area contributed by atoms with Crippen LogP contribution in [0.4, 0.5) is 0 Å². The Morgan fingerprint density at radius 1 is 0.526 bits per heavy atom. The molecule has 0 radical (unpaired) electrons. The van der Waals surface area contributed by atoms with Gasteiger partial charge in [0.15, 0.2) is 11.5 Å². The lowest BCUT2D eigenvalue weighted by atomic mass is 9.80. The van der Waals surface area contributed by atoms with Crippen LogP contribution in [0.5, 0.6) is 17.2 Å². The molecular formula is C45H74N3O6P3+2. The lowest BCUT2D eigenvalue weighted by Gasteiger charge is -2.33. The molecule has 3 unspecified atom stereocenters. The molecule has 0 amide bonds. The fourth-order valence-corrected chi connectivity index (χ4v) is 17.1. The molecule has 12 heteroatoms. The molecule has 0 saturated heterocycles. The molecule has 3 aromatic rings. The van der Waals surface area contributed by atoms with Gasteiger partial charge in [-0.3, -0.25) is 9.05 Å². The predicted molar refractivity (Wildman–Crippen MR) is 243 cm³/mol. The second-order valence-corrected chi connectivity index (χ2v) is 24.4. The maximum Gasteiger partial charge on any atom is 0.570 e. The second kappa shape index (κ2) is 21.0. The molecule has 0 saturated carbocycles. The molecule has 9 nitrogen and oxygen atoms in total. The Balaban J connectivity index is 1.72. The highest BCUT2D eigenvalue weighted by molar-refractivity contribution is 7.88. The summed E-state index contributed by atoms with van der Waals surface area (Å²) in [4.78, 5) is 6.97. The van der Waals surface area contributed by atoms with Gasteiger partial charge in [-0.1, -0.05) is 156 Å². The Labute approximate surface area is 347 Å². The van der Waals surface area contributed by atoms with Crippen LogP contribution < -0.4 is 23.3 Å². The molecular weight excluding hydrogens is 771 g/mol. The average molecular weight is 846 g/mol. The molecule has 2 N–H and O–H groups in total. The van der Waals surface area contributed by atoms with E-state index in [1.54, 1.807) is 21.3 Å². The van der Waals surface area contributed by atoms with Crippen LogP contribution in [-0.4, -0.2) is 21.3 Å². The van der Waals surface area contributed by atoms with Crippen molar-refractivity contribution in [3.8, 4) is 17.2 Å². The summed E-state index contributed by atoms with van der Waals surface area (Å²) in [5.74, 6) is 1.82. The zero-order chi connectivity index (χ0) is 41.8. The summed E-state index contributed by atoms with van der Waals surface area (Å²) in [6, 6.07) is 24.8. The van der Waals surface area contributed by atoms with Gasteiger partial charge in [-0.2, -0.15) is 9.05 Å². The monoisotopic (exact) mass is 845 g/mol. The summed E-state index contributed by atoms with van der Waals surface area (Å²) in [7, 11) is -5.38. The van der Waals surface area contributed by atoms with Crippen LogP contribution in [-0.2, 0) is 29.8 Å². The van der Waals surface area contributed by atoms with Gasteiger partial charge in [-0.15, -0.1) is 0 Å². The minimum absolute atomic E-state index is 0.0366. The highest BCUT2D eigenvalue weighted by atomic mass is 31.3. The van der Waals surface area contributed by atoms with E-state index in [2.05, 4.69) is 108 Å². The maximum absolute atomic E-state index is 6.81. The van der Waals surface area contributed by atoms with E-state index in [0.29, 0.717) is 17.2 Å². The van der Waals surface area contributed by atoms with Crippen molar-refractivity contribution in [3.05, 3.63) is 89.5 Å². The number of benzene rings is 3. The van der Waals surface area contributed by atoms with Gasteiger partial charge in [-0.05, 0) is 93.5 Å². The Morgan fingerprint density at radius 3 is 1.26 bits per heavy atom. The first kappa shape index (κ1) is 47.6. The van der Waals surface area contributed by atoms with E-state index < -0.39 is 23.7 Å². The van der Waals surface area contributed by atoms with Crippen molar-refractivity contribution in [2.75, 3.05) is 21.3 Å². The number of unbranched alkanes of at least 4 members (excludes halogenated alkanes) is 6. The zero-order valence-electron chi connectivity index (χ0n) is 37.2. The van der Waals surface area contributed by atoms with Crippen LogP contribution in [0.15, 0.2) is 77.3 Å². The van der Waals surface area contributed by atoms with Gasteiger partial charge < -0.3 is 9.05 Å². The molecule has 0 bridgehead atoms. The summed E-state index contributed by atoms with van der Waals surface area (Å²) in [5.41, 5.74) is 3.88. The standard InChI is InChI=1S/C45H74N3O6P3/c1-13-16-19-34-43(4,5)37-22-28-40(29-23-37)52-55(49-10)46-56(50-11,53-41-30-24-38(25-31-41)44(6,7)35-20-17-14-2)48-57(47-55,51-12)54-42-32-26-39(27-33-42)45(8,9)36-21-18-15-3/h22-33,46-47H,13-21,34-36H2,1-12H3/q+2. The van der Waals surface area contributed by atoms with E-state index in [1.807, 2.05) is 36.4 Å². The Morgan fingerprint density at radius 2 is 0.912 bits per heavy atom. The van der Waals surface area contributed by atoms with Crippen LogP contribution >= 0.6 is 23.7 Å². The number of nitrogens with zero attached hydrogens (tertiary/aromatic N) is 1. The van der Waals surface area contributed by atoms with Crippen molar-refractivity contribution in [2.45, 2.75) is 156 Å². The van der Waals surface area contributed by atoms with Gasteiger partial charge in [0.2, 0.25) is 0 Å². The van der Waals surface area contributed by atoms with Crippen LogP contribution in [0.1, 0.15) is 156 Å². The summed E-state index contributed by atoms with van der Waals surface area (Å²) >= 11 is 0. The molecule has 3 aromatic carbocycles. The minimum Gasteiger partial charge on any atom is -0.423 e. The van der Waals surface area contributed by atoms with E-state index in [-0.39, 0.29) is 16.2 Å². The van der Waals surface area contributed by atoms with E-state index in [0.717, 1.165) is 19.3 Å². The Kier molecular flexibility index (Phi) is 17.5. The van der Waals surface area contributed by atoms with Gasteiger partial charge in [0.05, 0.1) is 19.1 Å². The molecule has 57 heavy (non-hydrogen) atoms. The third-order valence-corrected chi connectivity index (χ3v) is 20.2. The third-order valence-electron chi connectivity index (χ3n) is 11.3. The topological polar surface area (TPSA) is 91.8 Å². The number of hydrogen-bond acceptors (Lipinski definition) is 9. The molecule has 0 aliphatic carbocycles. The van der Waals surface area contributed by atoms with Crippen molar-refractivity contribution in [3.63, 3.8) is 0 Å². The van der Waals surface area contributed by atoms with Gasteiger partial charge in [-0.25, -0.2) is 0 Å². The van der Waals surface area contributed by atoms with Crippen molar-refractivity contribution >= 4 is 23.7 Å². The van der Waals surface area contributed by atoms with Crippen LogP contribution in [0.25, 0.3) is 0 Å². The summed E-state index contributed by atoms with van der Waals surface area (Å²) in [6.45, 7) is 20.5. The van der Waals surface area contributed by atoms with Crippen LogP contribution in [0, 0.1) is 0 Å². The number of hydrogen-bond donors (Lipinski definition) is 2. The first-order chi connectivity index (χ1) is 27.0. The number of rotatable bonds is 24. The SMILES string of the molecule is CCCCCC(C)(C)c1ccc(OP2(OC)=N[P+](OC)(Oc3ccc(C(C)(C)CCCCC)cc3)N[P+](OC)(Oc3ccc(C(C)(C)CCCCC)cc3)N2)cc1. The van der Waals surface area contributed by atoms with Gasteiger partial charge in [0.1, 0.15) is 5.75 Å². The summed E-state index contributed by atoms with van der Waals surface area (Å²) < 4.78 is 44.3. The fraction of sp³-hybridized carbons (Fsp3) is 0.600. The Hall–Kier alpha value is -2.05. The van der Waals surface area contributed by atoms with E-state index in [9.17, 15) is 0 Å². The lowest BCUT2D eigenvalue weighted by Crippen LogP contribution is -2.37. The van der Waals surface area contributed by atoms with Gasteiger partial charge in [0, 0.05) is 11.6 Å². The molecule has 0 fully saturated rings. The molecule has 0 spiro atoms. The second-order valence-electron chi connectivity index (χ2n) is 17.3. The van der Waals surface area contributed by atoms with Crippen LogP contribution in [0.2, 0.25) is 0 Å². The number of nitrogens with one attached hydrogen (secondary N) is 2. The van der Waals surface area contributed by atoms with Gasteiger partial charge in [0.25, 0.3) is 0 Å². The first-order valence-corrected chi connectivity index (χ1v) is 25.9. The quantitative estimate of drug-likeness (QED) is 0.0680. The molecule has 3 atom stereocenters.